The number of amides is 1. The normalized spacial score (nSPS) is 9.28. The van der Waals surface area contributed by atoms with Gasteiger partial charge in [-0.1, -0.05) is 27.2 Å². The molecular weight excluding hydrogens is 228 g/mol. The maximum absolute atomic E-state index is 11.5. The molecular formula is C13H24N4O. The Morgan fingerprint density at radius 2 is 1.94 bits per heavy atom. The minimum absolute atomic E-state index is 0.125. The number of likely N-dealkylation sites (N-methyl/N-ethyl adjacent to an activating group) is 1. The number of anilines is 1. The first-order valence-corrected chi connectivity index (χ1v) is 6.36. The fourth-order valence-corrected chi connectivity index (χ4v) is 1.08. The number of rotatable bonds is 5. The fraction of sp³-hybridized carbons (Fsp3) is 0.538. The van der Waals surface area contributed by atoms with Crippen LogP contribution in [0.3, 0.4) is 0 Å². The Hall–Kier alpha value is -1.62. The van der Waals surface area contributed by atoms with Crippen LogP contribution < -0.4 is 16.4 Å². The van der Waals surface area contributed by atoms with E-state index in [0.29, 0.717) is 17.9 Å². The summed E-state index contributed by atoms with van der Waals surface area (Å²) in [6.45, 7) is 8.55. The van der Waals surface area contributed by atoms with Gasteiger partial charge in [0.2, 0.25) is 0 Å². The number of nitrogens with zero attached hydrogens (tertiary/aromatic N) is 1. The molecule has 5 nitrogen and oxygen atoms in total. The summed E-state index contributed by atoms with van der Waals surface area (Å²) in [5.74, 6) is 0.291. The topological polar surface area (TPSA) is 80.0 Å². The highest BCUT2D eigenvalue weighted by atomic mass is 16.1. The fourth-order valence-electron chi connectivity index (χ4n) is 1.08. The third-order valence-electron chi connectivity index (χ3n) is 1.89. The van der Waals surface area contributed by atoms with Crippen LogP contribution in [0.2, 0.25) is 0 Å². The summed E-state index contributed by atoms with van der Waals surface area (Å²) in [6, 6.07) is 3.27. The van der Waals surface area contributed by atoms with E-state index < -0.39 is 0 Å². The molecule has 4 N–H and O–H groups in total. The number of nitrogen functional groups attached to an aromatic ring is 1. The Balaban J connectivity index is 0.000000873. The van der Waals surface area contributed by atoms with E-state index in [1.165, 1.54) is 12.6 Å². The van der Waals surface area contributed by atoms with Crippen molar-refractivity contribution in [1.82, 2.24) is 15.6 Å². The first-order valence-electron chi connectivity index (χ1n) is 6.36. The van der Waals surface area contributed by atoms with Crippen LogP contribution in [0.1, 0.15) is 37.6 Å². The predicted octanol–water partition coefficient (Wildman–Crippen LogP) is 1.42. The molecule has 0 saturated carbocycles. The largest absolute Gasteiger partial charge is 0.384 e. The predicted molar refractivity (Wildman–Crippen MR) is 75.5 cm³/mol. The van der Waals surface area contributed by atoms with Gasteiger partial charge in [0.1, 0.15) is 5.82 Å². The van der Waals surface area contributed by atoms with E-state index in [2.05, 4.69) is 29.5 Å². The number of aromatic nitrogens is 1. The van der Waals surface area contributed by atoms with E-state index in [9.17, 15) is 4.79 Å². The molecule has 0 spiro atoms. The Kier molecular flexibility index (Phi) is 9.58. The van der Waals surface area contributed by atoms with Crippen LogP contribution >= 0.6 is 0 Å². The summed E-state index contributed by atoms with van der Waals surface area (Å²) in [5.41, 5.74) is 5.94. The molecule has 0 radical (unpaired) electrons. The molecule has 0 saturated heterocycles. The monoisotopic (exact) mass is 252 g/mol. The maximum Gasteiger partial charge on any atom is 0.252 e. The SMILES string of the molecule is CCC.CCNCCNC(=O)c1ccc(N)nc1. The van der Waals surface area contributed by atoms with E-state index in [0.717, 1.165) is 13.1 Å². The lowest BCUT2D eigenvalue weighted by atomic mass is 10.2. The summed E-state index contributed by atoms with van der Waals surface area (Å²) in [4.78, 5) is 15.3. The second-order valence-corrected chi connectivity index (χ2v) is 3.79. The third-order valence-corrected chi connectivity index (χ3v) is 1.89. The van der Waals surface area contributed by atoms with Crippen molar-refractivity contribution < 1.29 is 4.79 Å². The number of nitrogens with one attached hydrogen (secondary N) is 2. The van der Waals surface area contributed by atoms with Crippen LogP contribution in [0.25, 0.3) is 0 Å². The van der Waals surface area contributed by atoms with Gasteiger partial charge in [0, 0.05) is 19.3 Å². The molecule has 0 aliphatic rings. The maximum atomic E-state index is 11.5. The van der Waals surface area contributed by atoms with Crippen molar-refractivity contribution in [3.05, 3.63) is 23.9 Å². The van der Waals surface area contributed by atoms with Crippen molar-refractivity contribution >= 4 is 11.7 Å². The van der Waals surface area contributed by atoms with Gasteiger partial charge in [-0.25, -0.2) is 4.98 Å². The number of pyridine rings is 1. The van der Waals surface area contributed by atoms with E-state index >= 15 is 0 Å². The van der Waals surface area contributed by atoms with Crippen molar-refractivity contribution in [3.63, 3.8) is 0 Å². The molecule has 5 heteroatoms. The van der Waals surface area contributed by atoms with Crippen molar-refractivity contribution in [3.8, 4) is 0 Å². The van der Waals surface area contributed by atoms with Gasteiger partial charge in [0.25, 0.3) is 5.91 Å². The molecule has 18 heavy (non-hydrogen) atoms. The minimum atomic E-state index is -0.125. The molecule has 0 aliphatic carbocycles. The van der Waals surface area contributed by atoms with Crippen molar-refractivity contribution in [2.24, 2.45) is 0 Å². The van der Waals surface area contributed by atoms with Gasteiger partial charge in [-0.15, -0.1) is 0 Å². The number of hydrogen-bond acceptors (Lipinski definition) is 4. The molecule has 0 unspecified atom stereocenters. The second-order valence-electron chi connectivity index (χ2n) is 3.79. The lowest BCUT2D eigenvalue weighted by Crippen LogP contribution is -2.31. The quantitative estimate of drug-likeness (QED) is 0.692. The molecule has 0 bridgehead atoms. The van der Waals surface area contributed by atoms with Gasteiger partial charge < -0.3 is 16.4 Å². The van der Waals surface area contributed by atoms with Gasteiger partial charge >= 0.3 is 0 Å². The van der Waals surface area contributed by atoms with Crippen molar-refractivity contribution in [2.45, 2.75) is 27.2 Å². The smallest absolute Gasteiger partial charge is 0.252 e. The molecule has 1 rings (SSSR count). The lowest BCUT2D eigenvalue weighted by molar-refractivity contribution is 0.0953. The van der Waals surface area contributed by atoms with E-state index in [4.69, 9.17) is 5.73 Å². The standard InChI is InChI=1S/C10H16N4O.C3H8/c1-2-12-5-6-13-10(15)8-3-4-9(11)14-7-8;1-3-2/h3-4,7,12H,2,5-6H2,1H3,(H2,11,14)(H,13,15);3H2,1-2H3. The Morgan fingerprint density at radius 1 is 1.28 bits per heavy atom. The van der Waals surface area contributed by atoms with E-state index in [1.54, 1.807) is 12.1 Å². The van der Waals surface area contributed by atoms with Gasteiger partial charge in [-0.2, -0.15) is 0 Å². The van der Waals surface area contributed by atoms with Crippen molar-refractivity contribution in [1.29, 1.82) is 0 Å². The highest BCUT2D eigenvalue weighted by molar-refractivity contribution is 5.93. The van der Waals surface area contributed by atoms with E-state index in [-0.39, 0.29) is 5.91 Å². The Morgan fingerprint density at radius 3 is 2.44 bits per heavy atom. The average molecular weight is 252 g/mol. The average Bonchev–Trinajstić information content (AvgIpc) is 2.36. The molecule has 1 heterocycles. The van der Waals surface area contributed by atoms with E-state index in [1.807, 2.05) is 6.92 Å². The summed E-state index contributed by atoms with van der Waals surface area (Å²) < 4.78 is 0. The van der Waals surface area contributed by atoms with Crippen LogP contribution in [0.15, 0.2) is 18.3 Å². The molecule has 0 aliphatic heterocycles. The molecule has 0 atom stereocenters. The highest BCUT2D eigenvalue weighted by Gasteiger charge is 2.03. The minimum Gasteiger partial charge on any atom is -0.384 e. The summed E-state index contributed by atoms with van der Waals surface area (Å²) >= 11 is 0. The highest BCUT2D eigenvalue weighted by Crippen LogP contribution is 2.00. The number of carbonyl (C=O) groups excluding carboxylic acids is 1. The molecule has 1 aromatic rings. The number of carbonyl (C=O) groups is 1. The van der Waals surface area contributed by atoms with Crippen LogP contribution in [0.4, 0.5) is 5.82 Å². The zero-order valence-corrected chi connectivity index (χ0v) is 11.5. The number of hydrogen-bond donors (Lipinski definition) is 3. The zero-order chi connectivity index (χ0) is 13.8. The van der Waals surface area contributed by atoms with Crippen molar-refractivity contribution in [2.75, 3.05) is 25.4 Å². The second kappa shape index (κ2) is 10.5. The van der Waals surface area contributed by atoms with Crippen LogP contribution in [-0.2, 0) is 0 Å². The van der Waals surface area contributed by atoms with Crippen LogP contribution in [-0.4, -0.2) is 30.5 Å². The molecule has 0 fully saturated rings. The summed E-state index contributed by atoms with van der Waals surface area (Å²) in [7, 11) is 0. The van der Waals surface area contributed by atoms with Crippen LogP contribution in [0, 0.1) is 0 Å². The Labute approximate surface area is 109 Å². The summed E-state index contributed by atoms with van der Waals surface area (Å²) in [6.07, 6.45) is 2.72. The molecule has 1 amide bonds. The molecule has 0 aromatic carbocycles. The molecule has 102 valence electrons. The first kappa shape index (κ1) is 16.4. The number of nitrogens with two attached hydrogens (primary N) is 1. The first-order chi connectivity index (χ1) is 8.65. The molecule has 1 aromatic heterocycles. The zero-order valence-electron chi connectivity index (χ0n) is 11.5. The van der Waals surface area contributed by atoms with Gasteiger partial charge in [0.15, 0.2) is 0 Å². The third kappa shape index (κ3) is 7.62. The Bertz CT molecular complexity index is 324. The van der Waals surface area contributed by atoms with Gasteiger partial charge in [-0.3, -0.25) is 4.79 Å². The lowest BCUT2D eigenvalue weighted by Gasteiger charge is -2.05. The summed E-state index contributed by atoms with van der Waals surface area (Å²) in [5, 5.41) is 5.88. The van der Waals surface area contributed by atoms with Crippen LogP contribution in [0.5, 0.6) is 0 Å². The van der Waals surface area contributed by atoms with Gasteiger partial charge in [-0.05, 0) is 18.7 Å². The van der Waals surface area contributed by atoms with Gasteiger partial charge in [0.05, 0.1) is 5.56 Å².